The average molecular weight is 266 g/mol. The van der Waals surface area contributed by atoms with Crippen LogP contribution in [0.3, 0.4) is 0 Å². The Morgan fingerprint density at radius 3 is 2.65 bits per heavy atom. The van der Waals surface area contributed by atoms with E-state index < -0.39 is 0 Å². The number of aryl methyl sites for hydroxylation is 2. The van der Waals surface area contributed by atoms with Crippen LogP contribution < -0.4 is 5.73 Å². The van der Waals surface area contributed by atoms with Crippen LogP contribution in [0.5, 0.6) is 0 Å². The zero-order chi connectivity index (χ0) is 14.1. The van der Waals surface area contributed by atoms with Crippen molar-refractivity contribution in [2.24, 2.45) is 0 Å². The Kier molecular flexibility index (Phi) is 2.95. The maximum Gasteiger partial charge on any atom is 0.260 e. The summed E-state index contributed by atoms with van der Waals surface area (Å²) in [7, 11) is 0. The largest absolute Gasteiger partial charge is 0.399 e. The minimum atomic E-state index is 0.465. The van der Waals surface area contributed by atoms with Gasteiger partial charge in [0.05, 0.1) is 11.3 Å². The van der Waals surface area contributed by atoms with Crippen LogP contribution in [0.25, 0.3) is 22.8 Å². The summed E-state index contributed by atoms with van der Waals surface area (Å²) in [6, 6.07) is 11.2. The molecule has 1 aromatic carbocycles. The van der Waals surface area contributed by atoms with Crippen molar-refractivity contribution in [3.8, 4) is 22.8 Å². The van der Waals surface area contributed by atoms with Crippen LogP contribution >= 0.6 is 0 Å². The fourth-order valence-electron chi connectivity index (χ4n) is 2.04. The highest BCUT2D eigenvalue weighted by atomic mass is 16.5. The van der Waals surface area contributed by atoms with E-state index in [4.69, 9.17) is 10.3 Å². The predicted molar refractivity (Wildman–Crippen MR) is 76.9 cm³/mol. The first-order valence-electron chi connectivity index (χ1n) is 6.28. The van der Waals surface area contributed by atoms with Crippen molar-refractivity contribution in [1.82, 2.24) is 15.1 Å². The third-order valence-corrected chi connectivity index (χ3v) is 3.03. The quantitative estimate of drug-likeness (QED) is 0.721. The molecule has 0 bridgehead atoms. The molecule has 0 fully saturated rings. The van der Waals surface area contributed by atoms with Crippen molar-refractivity contribution in [2.75, 3.05) is 5.73 Å². The number of aromatic nitrogens is 3. The lowest BCUT2D eigenvalue weighted by Gasteiger charge is -2.00. The first-order chi connectivity index (χ1) is 9.63. The molecule has 0 atom stereocenters. The van der Waals surface area contributed by atoms with Gasteiger partial charge in [-0.25, -0.2) is 0 Å². The zero-order valence-electron chi connectivity index (χ0n) is 11.3. The summed E-state index contributed by atoms with van der Waals surface area (Å²) in [6.45, 7) is 3.87. The van der Waals surface area contributed by atoms with Crippen LogP contribution in [-0.4, -0.2) is 15.1 Å². The number of pyridine rings is 1. The molecule has 100 valence electrons. The lowest BCUT2D eigenvalue weighted by atomic mass is 10.2. The summed E-state index contributed by atoms with van der Waals surface area (Å²) in [5.41, 5.74) is 9.93. The summed E-state index contributed by atoms with van der Waals surface area (Å²) in [5.74, 6) is 0.986. The topological polar surface area (TPSA) is 77.8 Å². The highest BCUT2D eigenvalue weighted by Crippen LogP contribution is 2.24. The minimum Gasteiger partial charge on any atom is -0.399 e. The Morgan fingerprint density at radius 1 is 1.05 bits per heavy atom. The molecule has 0 saturated carbocycles. The molecule has 0 aliphatic rings. The van der Waals surface area contributed by atoms with Gasteiger partial charge in [-0.05, 0) is 38.1 Å². The molecule has 3 aromatic rings. The van der Waals surface area contributed by atoms with Crippen molar-refractivity contribution in [3.05, 3.63) is 47.8 Å². The fourth-order valence-corrected chi connectivity index (χ4v) is 2.04. The van der Waals surface area contributed by atoms with Gasteiger partial charge >= 0.3 is 0 Å². The summed E-state index contributed by atoms with van der Waals surface area (Å²) >= 11 is 0. The van der Waals surface area contributed by atoms with E-state index in [-0.39, 0.29) is 0 Å². The Balaban J connectivity index is 2.02. The Bertz CT molecular complexity index is 764. The molecule has 0 unspecified atom stereocenters. The van der Waals surface area contributed by atoms with Gasteiger partial charge in [-0.3, -0.25) is 4.98 Å². The predicted octanol–water partition coefficient (Wildman–Crippen LogP) is 3.00. The van der Waals surface area contributed by atoms with E-state index in [1.807, 2.05) is 50.2 Å². The number of rotatable bonds is 2. The molecule has 0 aliphatic carbocycles. The number of nitrogens with zero attached hydrogens (tertiary/aromatic N) is 3. The van der Waals surface area contributed by atoms with Gasteiger partial charge in [-0.2, -0.15) is 4.98 Å². The number of anilines is 1. The Morgan fingerprint density at radius 2 is 1.90 bits per heavy atom. The SMILES string of the molecule is Cc1ccc(-c2nc(-c3cccc(N)c3)no2)c(C)n1. The highest BCUT2D eigenvalue weighted by molar-refractivity contribution is 5.64. The number of hydrogen-bond donors (Lipinski definition) is 1. The van der Waals surface area contributed by atoms with Crippen LogP contribution in [0.15, 0.2) is 40.9 Å². The molecular formula is C15H14N4O. The normalized spacial score (nSPS) is 10.7. The van der Waals surface area contributed by atoms with E-state index in [1.54, 1.807) is 0 Å². The van der Waals surface area contributed by atoms with E-state index in [0.717, 1.165) is 22.5 Å². The Hall–Kier alpha value is -2.69. The molecule has 2 aromatic heterocycles. The van der Waals surface area contributed by atoms with Crippen molar-refractivity contribution in [3.63, 3.8) is 0 Å². The maximum absolute atomic E-state index is 5.76. The van der Waals surface area contributed by atoms with Gasteiger partial charge in [0.1, 0.15) is 0 Å². The smallest absolute Gasteiger partial charge is 0.260 e. The molecule has 5 heteroatoms. The fraction of sp³-hybridized carbons (Fsp3) is 0.133. The van der Waals surface area contributed by atoms with Gasteiger partial charge in [-0.15, -0.1) is 0 Å². The van der Waals surface area contributed by atoms with Crippen LogP contribution in [0.1, 0.15) is 11.4 Å². The van der Waals surface area contributed by atoms with Crippen molar-refractivity contribution >= 4 is 5.69 Å². The molecule has 2 heterocycles. The summed E-state index contributed by atoms with van der Waals surface area (Å²) in [5, 5.41) is 4.00. The van der Waals surface area contributed by atoms with E-state index in [1.165, 1.54) is 0 Å². The lowest BCUT2D eigenvalue weighted by Crippen LogP contribution is -1.90. The van der Waals surface area contributed by atoms with Gasteiger partial charge in [-0.1, -0.05) is 17.3 Å². The van der Waals surface area contributed by atoms with Gasteiger partial charge in [0.25, 0.3) is 5.89 Å². The third-order valence-electron chi connectivity index (χ3n) is 3.03. The van der Waals surface area contributed by atoms with E-state index >= 15 is 0 Å². The summed E-state index contributed by atoms with van der Waals surface area (Å²) < 4.78 is 5.32. The molecule has 5 nitrogen and oxygen atoms in total. The lowest BCUT2D eigenvalue weighted by molar-refractivity contribution is 0.432. The zero-order valence-corrected chi connectivity index (χ0v) is 11.3. The first-order valence-corrected chi connectivity index (χ1v) is 6.28. The van der Waals surface area contributed by atoms with E-state index in [0.29, 0.717) is 17.4 Å². The minimum absolute atomic E-state index is 0.465. The second-order valence-electron chi connectivity index (χ2n) is 4.63. The Labute approximate surface area is 116 Å². The number of nitrogens with two attached hydrogens (primary N) is 1. The van der Waals surface area contributed by atoms with E-state index in [2.05, 4.69) is 15.1 Å². The van der Waals surface area contributed by atoms with Crippen LogP contribution in [0, 0.1) is 13.8 Å². The van der Waals surface area contributed by atoms with Crippen molar-refractivity contribution in [2.45, 2.75) is 13.8 Å². The van der Waals surface area contributed by atoms with Crippen LogP contribution in [-0.2, 0) is 0 Å². The standard InChI is InChI=1S/C15H14N4O/c1-9-6-7-13(10(2)17-9)15-18-14(19-20-15)11-4-3-5-12(16)8-11/h3-8H,16H2,1-2H3. The van der Waals surface area contributed by atoms with Crippen molar-refractivity contribution in [1.29, 1.82) is 0 Å². The first kappa shape index (κ1) is 12.3. The molecule has 0 aliphatic heterocycles. The monoisotopic (exact) mass is 266 g/mol. The van der Waals surface area contributed by atoms with Gasteiger partial charge in [0, 0.05) is 16.9 Å². The molecule has 0 spiro atoms. The molecule has 20 heavy (non-hydrogen) atoms. The van der Waals surface area contributed by atoms with E-state index in [9.17, 15) is 0 Å². The molecule has 2 N–H and O–H groups in total. The maximum atomic E-state index is 5.76. The van der Waals surface area contributed by atoms with Crippen LogP contribution in [0.4, 0.5) is 5.69 Å². The van der Waals surface area contributed by atoms with Crippen molar-refractivity contribution < 1.29 is 4.52 Å². The summed E-state index contributed by atoms with van der Waals surface area (Å²) in [6.07, 6.45) is 0. The van der Waals surface area contributed by atoms with Gasteiger partial charge < -0.3 is 10.3 Å². The highest BCUT2D eigenvalue weighted by Gasteiger charge is 2.13. The molecule has 0 radical (unpaired) electrons. The van der Waals surface area contributed by atoms with Crippen LogP contribution in [0.2, 0.25) is 0 Å². The van der Waals surface area contributed by atoms with Gasteiger partial charge in [0.2, 0.25) is 5.82 Å². The van der Waals surface area contributed by atoms with Gasteiger partial charge in [0.15, 0.2) is 0 Å². The number of nitrogen functional groups attached to an aromatic ring is 1. The molecule has 0 saturated heterocycles. The second-order valence-corrected chi connectivity index (χ2v) is 4.63. The second kappa shape index (κ2) is 4.77. The summed E-state index contributed by atoms with van der Waals surface area (Å²) in [4.78, 5) is 8.81. The number of hydrogen-bond acceptors (Lipinski definition) is 5. The third kappa shape index (κ3) is 2.25. The number of benzene rings is 1. The average Bonchev–Trinajstić information content (AvgIpc) is 2.88. The molecule has 3 rings (SSSR count). The molecular weight excluding hydrogens is 252 g/mol. The molecule has 0 amide bonds.